The molecule has 0 aliphatic carbocycles. The lowest BCUT2D eigenvalue weighted by atomic mass is 10.0. The van der Waals surface area contributed by atoms with Crippen LogP contribution in [0.25, 0.3) is 0 Å². The first-order valence-corrected chi connectivity index (χ1v) is 8.39. The maximum atomic E-state index is 10.8. The second-order valence-corrected chi connectivity index (χ2v) is 8.12. The third-order valence-corrected chi connectivity index (χ3v) is 4.42. The molecule has 1 radical (unpaired) electrons. The summed E-state index contributed by atoms with van der Waals surface area (Å²) >= 11 is 0. The second-order valence-electron chi connectivity index (χ2n) is 4.22. The van der Waals surface area contributed by atoms with Crippen molar-refractivity contribution in [1.82, 2.24) is 0 Å². The highest BCUT2D eigenvalue weighted by atomic mass is 32.8. The monoisotopic (exact) mass is 258 g/mol. The van der Waals surface area contributed by atoms with E-state index in [1.165, 1.54) is 5.56 Å². The molecule has 0 unspecified atom stereocenters. The topological polar surface area (TPSA) is 60.2 Å². The van der Waals surface area contributed by atoms with Gasteiger partial charge in [0.1, 0.15) is 0 Å². The zero-order valence-electron chi connectivity index (χ0n) is 9.55. The van der Waals surface area contributed by atoms with E-state index in [1.807, 2.05) is 24.3 Å². The molecule has 16 heavy (non-hydrogen) atoms. The van der Waals surface area contributed by atoms with E-state index in [9.17, 15) is 8.42 Å². The minimum absolute atomic E-state index is 0.259. The van der Waals surface area contributed by atoms with Crippen molar-refractivity contribution in [2.45, 2.75) is 26.4 Å². The molecule has 0 spiro atoms. The molecule has 1 rings (SSSR count). The number of rotatable bonds is 5. The van der Waals surface area contributed by atoms with Crippen LogP contribution in [0.15, 0.2) is 24.3 Å². The molecular weight excluding hydrogens is 241 g/mol. The summed E-state index contributed by atoms with van der Waals surface area (Å²) in [5, 5.41) is 4.94. The smallest absolute Gasteiger partial charge is 0.225 e. The zero-order chi connectivity index (χ0) is 12.2. The minimum Gasteiger partial charge on any atom is -0.225 e. The molecule has 89 valence electrons. The van der Waals surface area contributed by atoms with Crippen molar-refractivity contribution in [2.24, 2.45) is 11.1 Å². The van der Waals surface area contributed by atoms with Crippen molar-refractivity contribution >= 4 is 17.4 Å². The molecule has 0 bridgehead atoms. The predicted octanol–water partition coefficient (Wildman–Crippen LogP) is 2.53. The van der Waals surface area contributed by atoms with Crippen LogP contribution in [-0.2, 0) is 22.2 Å². The highest BCUT2D eigenvalue weighted by molar-refractivity contribution is 8.42. The first-order chi connectivity index (χ1) is 7.37. The van der Waals surface area contributed by atoms with Crippen LogP contribution < -0.4 is 5.14 Å². The molecule has 5 heteroatoms. The van der Waals surface area contributed by atoms with Crippen LogP contribution >= 0.6 is 7.78 Å². The maximum Gasteiger partial charge on any atom is 0.230 e. The highest BCUT2D eigenvalue weighted by Gasteiger charge is 2.05. The van der Waals surface area contributed by atoms with Crippen molar-refractivity contribution in [3.05, 3.63) is 35.4 Å². The SMILES string of the molecule is CC(C)Cc1ccc(C[P]S(N)(=O)=O)cc1. The van der Waals surface area contributed by atoms with E-state index in [0.29, 0.717) is 12.1 Å². The molecule has 1 aromatic carbocycles. The lowest BCUT2D eigenvalue weighted by Crippen LogP contribution is -2.04. The van der Waals surface area contributed by atoms with E-state index in [-0.39, 0.29) is 7.78 Å². The van der Waals surface area contributed by atoms with E-state index in [4.69, 9.17) is 5.14 Å². The molecule has 0 aliphatic rings. The lowest BCUT2D eigenvalue weighted by Gasteiger charge is -2.05. The van der Waals surface area contributed by atoms with Gasteiger partial charge in [0.25, 0.3) is 0 Å². The van der Waals surface area contributed by atoms with E-state index >= 15 is 0 Å². The van der Waals surface area contributed by atoms with Gasteiger partial charge in [0, 0.05) is 6.16 Å². The highest BCUT2D eigenvalue weighted by Crippen LogP contribution is 2.23. The van der Waals surface area contributed by atoms with Crippen LogP contribution in [0.1, 0.15) is 25.0 Å². The summed E-state index contributed by atoms with van der Waals surface area (Å²) in [5.41, 5.74) is 2.29. The Morgan fingerprint density at radius 1 is 1.19 bits per heavy atom. The largest absolute Gasteiger partial charge is 0.230 e. The quantitative estimate of drug-likeness (QED) is 0.825. The number of hydrogen-bond acceptors (Lipinski definition) is 2. The Bertz CT molecular complexity index is 426. The van der Waals surface area contributed by atoms with Gasteiger partial charge in [-0.2, -0.15) is 0 Å². The Kier molecular flexibility index (Phi) is 4.90. The predicted molar refractivity (Wildman–Crippen MR) is 68.7 cm³/mol. The van der Waals surface area contributed by atoms with Gasteiger partial charge in [0.15, 0.2) is 0 Å². The van der Waals surface area contributed by atoms with Crippen molar-refractivity contribution in [3.63, 3.8) is 0 Å². The normalized spacial score (nSPS) is 12.8. The molecule has 0 heterocycles. The number of hydrogen-bond donors (Lipinski definition) is 1. The molecule has 0 amide bonds. The van der Waals surface area contributed by atoms with E-state index in [2.05, 4.69) is 13.8 Å². The first kappa shape index (κ1) is 13.6. The van der Waals surface area contributed by atoms with Crippen molar-refractivity contribution < 1.29 is 8.42 Å². The Balaban J connectivity index is 2.58. The molecule has 3 nitrogen and oxygen atoms in total. The van der Waals surface area contributed by atoms with Crippen LogP contribution in [0.5, 0.6) is 0 Å². The third-order valence-electron chi connectivity index (χ3n) is 2.09. The Labute approximate surface area is 99.0 Å². The van der Waals surface area contributed by atoms with Crippen molar-refractivity contribution in [3.8, 4) is 0 Å². The fraction of sp³-hybridized carbons (Fsp3) is 0.455. The van der Waals surface area contributed by atoms with Gasteiger partial charge in [0.05, 0.1) is 7.78 Å². The Hall–Kier alpha value is -0.440. The van der Waals surface area contributed by atoms with Crippen LogP contribution in [-0.4, -0.2) is 8.42 Å². The first-order valence-electron chi connectivity index (χ1n) is 5.16. The summed E-state index contributed by atoms with van der Waals surface area (Å²) in [4.78, 5) is 0. The fourth-order valence-electron chi connectivity index (χ4n) is 1.42. The summed E-state index contributed by atoms with van der Waals surface area (Å²) in [7, 11) is -3.12. The van der Waals surface area contributed by atoms with Gasteiger partial charge in [0.2, 0.25) is 9.64 Å². The Morgan fingerprint density at radius 2 is 1.69 bits per heavy atom. The molecule has 1 aromatic rings. The summed E-state index contributed by atoms with van der Waals surface area (Å²) < 4.78 is 21.6. The summed E-state index contributed by atoms with van der Waals surface area (Å²) in [6, 6.07) is 8.04. The molecule has 0 saturated heterocycles. The molecule has 0 aromatic heterocycles. The van der Waals surface area contributed by atoms with Gasteiger partial charge >= 0.3 is 0 Å². The van der Waals surface area contributed by atoms with Gasteiger partial charge in [-0.15, -0.1) is 0 Å². The van der Waals surface area contributed by atoms with Gasteiger partial charge in [-0.05, 0) is 23.5 Å². The molecule has 0 fully saturated rings. The fourth-order valence-corrected chi connectivity index (χ4v) is 2.94. The summed E-state index contributed by atoms with van der Waals surface area (Å²) in [5.74, 6) is 0.633. The van der Waals surface area contributed by atoms with Crippen LogP contribution in [0.3, 0.4) is 0 Å². The lowest BCUT2D eigenvalue weighted by molar-refractivity contribution is 0.611. The second kappa shape index (κ2) is 5.76. The van der Waals surface area contributed by atoms with Gasteiger partial charge < -0.3 is 0 Å². The molecule has 0 aliphatic heterocycles. The minimum atomic E-state index is -3.38. The maximum absolute atomic E-state index is 10.8. The van der Waals surface area contributed by atoms with E-state index in [0.717, 1.165) is 12.0 Å². The Morgan fingerprint density at radius 3 is 2.12 bits per heavy atom. The molecule has 2 N–H and O–H groups in total. The molecule has 0 atom stereocenters. The van der Waals surface area contributed by atoms with Crippen molar-refractivity contribution in [1.29, 1.82) is 0 Å². The standard InChI is InChI=1S/C11H17NO2PS/c1-9(2)7-10-3-5-11(6-4-10)8-15-16(12,13)14/h3-6,9H,7-8H2,1-2H3,(H2,12,13,14). The van der Waals surface area contributed by atoms with Crippen LogP contribution in [0, 0.1) is 5.92 Å². The van der Waals surface area contributed by atoms with Crippen LogP contribution in [0.4, 0.5) is 0 Å². The molecule has 0 saturated carbocycles. The number of nitrogens with two attached hydrogens (primary N) is 1. The van der Waals surface area contributed by atoms with E-state index in [1.54, 1.807) is 0 Å². The van der Waals surface area contributed by atoms with E-state index < -0.39 is 9.64 Å². The molecular formula is C11H17NO2PS. The average molecular weight is 258 g/mol. The van der Waals surface area contributed by atoms with Crippen molar-refractivity contribution in [2.75, 3.05) is 0 Å². The zero-order valence-corrected chi connectivity index (χ0v) is 11.3. The third kappa shape index (κ3) is 5.59. The average Bonchev–Trinajstić information content (AvgIpc) is 2.14. The summed E-state index contributed by atoms with van der Waals surface area (Å²) in [6.45, 7) is 4.35. The van der Waals surface area contributed by atoms with Crippen LogP contribution in [0.2, 0.25) is 0 Å². The van der Waals surface area contributed by atoms with Gasteiger partial charge in [-0.25, -0.2) is 13.6 Å². The van der Waals surface area contributed by atoms with Gasteiger partial charge in [-0.1, -0.05) is 38.1 Å². The van der Waals surface area contributed by atoms with Gasteiger partial charge in [-0.3, -0.25) is 0 Å². The number of benzene rings is 1. The summed E-state index contributed by atoms with van der Waals surface area (Å²) in [6.07, 6.45) is 1.51.